The predicted octanol–water partition coefficient (Wildman–Crippen LogP) is 2.82. The van der Waals surface area contributed by atoms with E-state index in [-0.39, 0.29) is 0 Å². The third-order valence-corrected chi connectivity index (χ3v) is 2.14. The minimum Gasteiger partial charge on any atom is -0.205 e. The number of rotatable bonds is 3. The largest absolute Gasteiger partial charge is 0.205 e. The van der Waals surface area contributed by atoms with Crippen molar-refractivity contribution in [2.24, 2.45) is 5.10 Å². The van der Waals surface area contributed by atoms with E-state index in [4.69, 9.17) is 0 Å². The molecular weight excluding hydrogens is 184 g/mol. The molecule has 1 aromatic carbocycles. The molecule has 0 aliphatic rings. The molecule has 0 fully saturated rings. The molecule has 0 atom stereocenters. The highest BCUT2D eigenvalue weighted by atomic mass is 15.6. The van der Waals surface area contributed by atoms with Crippen molar-refractivity contribution >= 4 is 5.71 Å². The molecule has 0 bridgehead atoms. The molecule has 2 heteroatoms. The van der Waals surface area contributed by atoms with Gasteiger partial charge in [-0.05, 0) is 13.3 Å². The zero-order valence-electron chi connectivity index (χ0n) is 10.4. The van der Waals surface area contributed by atoms with Crippen LogP contribution in [0.4, 0.5) is 0 Å². The summed E-state index contributed by atoms with van der Waals surface area (Å²) in [7, 11) is 6.22. The standard InChI is InChI=1S/C13H21N2/c1-6-13(14-15(3,4)5)12-9-7-11(2)8-10-12/h7-10H,6H2,1-5H3/q+1/b14-13+. The molecule has 15 heavy (non-hydrogen) atoms. The molecule has 0 saturated heterocycles. The van der Waals surface area contributed by atoms with Gasteiger partial charge in [0.2, 0.25) is 0 Å². The minimum absolute atomic E-state index is 0.622. The summed E-state index contributed by atoms with van der Waals surface area (Å²) in [6, 6.07) is 8.56. The first-order valence-corrected chi connectivity index (χ1v) is 5.40. The minimum atomic E-state index is 0.622. The van der Waals surface area contributed by atoms with Crippen LogP contribution in [0, 0.1) is 6.92 Å². The second-order valence-electron chi connectivity index (χ2n) is 4.71. The molecule has 0 aromatic heterocycles. The van der Waals surface area contributed by atoms with E-state index < -0.39 is 0 Å². The molecule has 1 rings (SSSR count). The van der Waals surface area contributed by atoms with Gasteiger partial charge in [0.1, 0.15) is 5.71 Å². The topological polar surface area (TPSA) is 12.4 Å². The summed E-state index contributed by atoms with van der Waals surface area (Å²) < 4.78 is 0.622. The highest BCUT2D eigenvalue weighted by Crippen LogP contribution is 2.09. The lowest BCUT2D eigenvalue weighted by Crippen LogP contribution is -2.29. The maximum atomic E-state index is 4.68. The van der Waals surface area contributed by atoms with Crippen LogP contribution in [0.3, 0.4) is 0 Å². The van der Waals surface area contributed by atoms with Crippen LogP contribution >= 0.6 is 0 Å². The average molecular weight is 205 g/mol. The van der Waals surface area contributed by atoms with E-state index in [1.807, 2.05) is 0 Å². The molecule has 0 spiro atoms. The van der Waals surface area contributed by atoms with Crippen molar-refractivity contribution in [2.75, 3.05) is 21.1 Å². The maximum absolute atomic E-state index is 4.68. The monoisotopic (exact) mass is 205 g/mol. The number of aryl methyl sites for hydroxylation is 1. The van der Waals surface area contributed by atoms with E-state index in [9.17, 15) is 0 Å². The SMILES string of the molecule is CC/C(=N\[N+](C)(C)C)c1ccc(C)cc1. The Labute approximate surface area is 92.8 Å². The van der Waals surface area contributed by atoms with Crippen molar-refractivity contribution < 1.29 is 4.59 Å². The van der Waals surface area contributed by atoms with Crippen LogP contribution in [0.1, 0.15) is 24.5 Å². The fourth-order valence-electron chi connectivity index (χ4n) is 1.44. The molecular formula is C13H21N2+. The molecule has 2 nitrogen and oxygen atoms in total. The number of quaternary nitrogens is 1. The van der Waals surface area contributed by atoms with Crippen LogP contribution in [0.2, 0.25) is 0 Å². The lowest BCUT2D eigenvalue weighted by molar-refractivity contribution is -0.877. The first-order chi connectivity index (χ1) is 6.92. The second-order valence-corrected chi connectivity index (χ2v) is 4.71. The van der Waals surface area contributed by atoms with Gasteiger partial charge in [-0.2, -0.15) is 0 Å². The summed E-state index contributed by atoms with van der Waals surface area (Å²) in [6.45, 7) is 4.25. The van der Waals surface area contributed by atoms with Crippen molar-refractivity contribution in [3.63, 3.8) is 0 Å². The maximum Gasteiger partial charge on any atom is 0.103 e. The molecule has 0 saturated carbocycles. The lowest BCUT2D eigenvalue weighted by atomic mass is 10.1. The molecule has 0 radical (unpaired) electrons. The van der Waals surface area contributed by atoms with Crippen molar-refractivity contribution in [2.45, 2.75) is 20.3 Å². The molecule has 0 aliphatic carbocycles. The molecule has 0 aliphatic heterocycles. The predicted molar refractivity (Wildman–Crippen MR) is 66.0 cm³/mol. The van der Waals surface area contributed by atoms with Crippen LogP contribution in [-0.4, -0.2) is 31.4 Å². The Balaban J connectivity index is 3.03. The van der Waals surface area contributed by atoms with Gasteiger partial charge in [-0.15, -0.1) is 0 Å². The van der Waals surface area contributed by atoms with Crippen molar-refractivity contribution in [1.82, 2.24) is 0 Å². The van der Waals surface area contributed by atoms with E-state index in [0.717, 1.165) is 6.42 Å². The van der Waals surface area contributed by atoms with E-state index in [0.29, 0.717) is 4.59 Å². The van der Waals surface area contributed by atoms with Crippen LogP contribution < -0.4 is 0 Å². The van der Waals surface area contributed by atoms with Gasteiger partial charge in [0, 0.05) is 5.56 Å². The van der Waals surface area contributed by atoms with E-state index in [2.05, 4.69) is 64.4 Å². The first kappa shape index (κ1) is 11.9. The Morgan fingerprint density at radius 2 is 1.67 bits per heavy atom. The third-order valence-electron chi connectivity index (χ3n) is 2.14. The van der Waals surface area contributed by atoms with E-state index in [1.165, 1.54) is 16.8 Å². The zero-order chi connectivity index (χ0) is 11.5. The molecule has 82 valence electrons. The second kappa shape index (κ2) is 4.58. The Hall–Kier alpha value is -1.15. The molecule has 0 heterocycles. The van der Waals surface area contributed by atoms with Gasteiger partial charge in [0.25, 0.3) is 0 Å². The number of hydrogen-bond donors (Lipinski definition) is 0. The van der Waals surface area contributed by atoms with Crippen molar-refractivity contribution in [3.05, 3.63) is 35.4 Å². The Morgan fingerprint density at radius 3 is 2.07 bits per heavy atom. The Bertz CT molecular complexity index is 342. The Morgan fingerprint density at radius 1 is 1.13 bits per heavy atom. The number of hydrogen-bond acceptors (Lipinski definition) is 1. The highest BCUT2D eigenvalue weighted by Gasteiger charge is 2.09. The van der Waals surface area contributed by atoms with Crippen molar-refractivity contribution in [3.8, 4) is 0 Å². The van der Waals surface area contributed by atoms with Gasteiger partial charge in [-0.25, -0.2) is 4.59 Å². The average Bonchev–Trinajstić information content (AvgIpc) is 2.14. The van der Waals surface area contributed by atoms with Crippen LogP contribution in [0.5, 0.6) is 0 Å². The highest BCUT2D eigenvalue weighted by molar-refractivity contribution is 5.99. The normalized spacial score (nSPS) is 13.0. The van der Waals surface area contributed by atoms with Crippen LogP contribution in [0.15, 0.2) is 29.4 Å². The summed E-state index contributed by atoms with van der Waals surface area (Å²) in [6.07, 6.45) is 0.971. The van der Waals surface area contributed by atoms with Crippen LogP contribution in [0.25, 0.3) is 0 Å². The summed E-state index contributed by atoms with van der Waals surface area (Å²) in [5.41, 5.74) is 3.69. The molecule has 0 amide bonds. The molecule has 0 unspecified atom stereocenters. The summed E-state index contributed by atoms with van der Waals surface area (Å²) in [5.74, 6) is 0. The van der Waals surface area contributed by atoms with Gasteiger partial charge >= 0.3 is 0 Å². The summed E-state index contributed by atoms with van der Waals surface area (Å²) in [4.78, 5) is 0. The smallest absolute Gasteiger partial charge is 0.103 e. The fraction of sp³-hybridized carbons (Fsp3) is 0.462. The van der Waals surface area contributed by atoms with E-state index >= 15 is 0 Å². The first-order valence-electron chi connectivity index (χ1n) is 5.40. The molecule has 1 aromatic rings. The third kappa shape index (κ3) is 3.84. The van der Waals surface area contributed by atoms with E-state index in [1.54, 1.807) is 0 Å². The van der Waals surface area contributed by atoms with Gasteiger partial charge in [-0.3, -0.25) is 0 Å². The summed E-state index contributed by atoms with van der Waals surface area (Å²) >= 11 is 0. The lowest BCUT2D eigenvalue weighted by Gasteiger charge is -2.17. The van der Waals surface area contributed by atoms with Crippen molar-refractivity contribution in [1.29, 1.82) is 0 Å². The molecule has 0 N–H and O–H groups in total. The Kier molecular flexibility index (Phi) is 3.64. The van der Waals surface area contributed by atoms with Gasteiger partial charge in [0.05, 0.1) is 21.1 Å². The number of benzene rings is 1. The van der Waals surface area contributed by atoms with Gasteiger partial charge in [-0.1, -0.05) is 41.9 Å². The van der Waals surface area contributed by atoms with Gasteiger partial charge < -0.3 is 0 Å². The number of nitrogens with zero attached hydrogens (tertiary/aromatic N) is 2. The zero-order valence-corrected chi connectivity index (χ0v) is 10.4. The van der Waals surface area contributed by atoms with Crippen LogP contribution in [-0.2, 0) is 0 Å². The van der Waals surface area contributed by atoms with Gasteiger partial charge in [0.15, 0.2) is 0 Å². The fourth-order valence-corrected chi connectivity index (χ4v) is 1.44. The summed E-state index contributed by atoms with van der Waals surface area (Å²) in [5, 5.41) is 4.68. The quantitative estimate of drug-likeness (QED) is 0.409.